The highest BCUT2D eigenvalue weighted by atomic mass is 19.4. The Hall–Kier alpha value is -2.84. The summed E-state index contributed by atoms with van der Waals surface area (Å²) in [7, 11) is 1.66. The van der Waals surface area contributed by atoms with Gasteiger partial charge in [-0.25, -0.2) is 9.97 Å². The molecule has 0 amide bonds. The zero-order valence-electron chi connectivity index (χ0n) is 15.4. The van der Waals surface area contributed by atoms with Crippen molar-refractivity contribution in [2.45, 2.75) is 26.1 Å². The summed E-state index contributed by atoms with van der Waals surface area (Å²) < 4.78 is 37.9. The molecule has 9 heteroatoms. The van der Waals surface area contributed by atoms with Crippen LogP contribution in [-0.4, -0.2) is 36.1 Å². The molecule has 0 bridgehead atoms. The van der Waals surface area contributed by atoms with E-state index in [2.05, 4.69) is 30.9 Å². The van der Waals surface area contributed by atoms with Crippen LogP contribution in [0.2, 0.25) is 0 Å². The number of nitrogens with zero attached hydrogens (tertiary/aromatic N) is 3. The first-order valence-corrected chi connectivity index (χ1v) is 8.48. The highest BCUT2D eigenvalue weighted by molar-refractivity contribution is 5.80. The molecule has 2 aromatic rings. The lowest BCUT2D eigenvalue weighted by Crippen LogP contribution is -2.40. The molecule has 1 unspecified atom stereocenters. The monoisotopic (exact) mass is 380 g/mol. The number of anilines is 1. The maximum Gasteiger partial charge on any atom is 0.433 e. The molecule has 0 saturated carbocycles. The molecule has 0 aliphatic rings. The van der Waals surface area contributed by atoms with Crippen molar-refractivity contribution >= 4 is 11.9 Å². The molecule has 1 aromatic carbocycles. The molecule has 27 heavy (non-hydrogen) atoms. The lowest BCUT2D eigenvalue weighted by atomic mass is 10.0. The van der Waals surface area contributed by atoms with Crippen LogP contribution in [0, 0.1) is 6.92 Å². The molecule has 2 rings (SSSR count). The highest BCUT2D eigenvalue weighted by Crippen LogP contribution is 2.27. The molecule has 0 spiro atoms. The van der Waals surface area contributed by atoms with Gasteiger partial charge < -0.3 is 16.0 Å². The molecule has 0 fully saturated rings. The summed E-state index contributed by atoms with van der Waals surface area (Å²) >= 11 is 0. The number of halogens is 3. The molecule has 0 aliphatic heterocycles. The smallest absolute Gasteiger partial charge is 0.355 e. The van der Waals surface area contributed by atoms with Gasteiger partial charge in [-0.1, -0.05) is 24.3 Å². The minimum Gasteiger partial charge on any atom is -0.355 e. The second-order valence-corrected chi connectivity index (χ2v) is 5.91. The van der Waals surface area contributed by atoms with E-state index in [1.54, 1.807) is 7.05 Å². The number of aromatic nitrogens is 2. The summed E-state index contributed by atoms with van der Waals surface area (Å²) in [5, 5.41) is 9.15. The van der Waals surface area contributed by atoms with Crippen molar-refractivity contribution in [2.75, 3.05) is 25.5 Å². The maximum atomic E-state index is 12.6. The predicted molar refractivity (Wildman–Crippen MR) is 99.6 cm³/mol. The molecule has 0 aliphatic carbocycles. The number of aryl methyl sites for hydroxylation is 1. The average molecular weight is 380 g/mol. The third-order valence-electron chi connectivity index (χ3n) is 3.88. The van der Waals surface area contributed by atoms with Crippen LogP contribution in [0.1, 0.15) is 29.8 Å². The zero-order chi connectivity index (χ0) is 19.9. The Labute approximate surface area is 156 Å². The largest absolute Gasteiger partial charge is 0.433 e. The van der Waals surface area contributed by atoms with Gasteiger partial charge in [0.15, 0.2) is 5.96 Å². The van der Waals surface area contributed by atoms with Gasteiger partial charge in [0.05, 0.1) is 6.04 Å². The Balaban J connectivity index is 1.83. The first-order chi connectivity index (χ1) is 12.8. The van der Waals surface area contributed by atoms with Crippen LogP contribution in [0.25, 0.3) is 0 Å². The van der Waals surface area contributed by atoms with Crippen molar-refractivity contribution in [3.63, 3.8) is 0 Å². The van der Waals surface area contributed by atoms with E-state index in [9.17, 15) is 13.2 Å². The second kappa shape index (κ2) is 9.20. The minimum absolute atomic E-state index is 0.0529. The Bertz CT molecular complexity index is 776. The van der Waals surface area contributed by atoms with Gasteiger partial charge in [0.1, 0.15) is 5.69 Å². The first kappa shape index (κ1) is 20.5. The number of hydrogen-bond acceptors (Lipinski definition) is 4. The zero-order valence-corrected chi connectivity index (χ0v) is 15.4. The summed E-state index contributed by atoms with van der Waals surface area (Å²) in [6.45, 7) is 4.84. The molecule has 6 nitrogen and oxygen atoms in total. The number of benzene rings is 1. The van der Waals surface area contributed by atoms with Crippen LogP contribution in [-0.2, 0) is 6.18 Å². The molecular weight excluding hydrogens is 357 g/mol. The van der Waals surface area contributed by atoms with Crippen LogP contribution < -0.4 is 16.0 Å². The number of hydrogen-bond donors (Lipinski definition) is 3. The fourth-order valence-corrected chi connectivity index (χ4v) is 2.51. The van der Waals surface area contributed by atoms with Crippen LogP contribution in [0.3, 0.4) is 0 Å². The molecule has 0 saturated heterocycles. The predicted octanol–water partition coefficient (Wildman–Crippen LogP) is 3.14. The lowest BCUT2D eigenvalue weighted by molar-refractivity contribution is -0.141. The van der Waals surface area contributed by atoms with E-state index < -0.39 is 11.9 Å². The third-order valence-corrected chi connectivity index (χ3v) is 3.88. The van der Waals surface area contributed by atoms with Crippen molar-refractivity contribution in [3.05, 3.63) is 53.3 Å². The minimum atomic E-state index is -4.49. The summed E-state index contributed by atoms with van der Waals surface area (Å²) in [4.78, 5) is 11.4. The SMILES string of the molecule is CN=C(NCCNc1nccc(C(F)(F)F)n1)NC(C)c1ccccc1C. The van der Waals surface area contributed by atoms with Gasteiger partial charge in [-0.15, -0.1) is 0 Å². The van der Waals surface area contributed by atoms with E-state index >= 15 is 0 Å². The maximum absolute atomic E-state index is 12.6. The number of nitrogens with one attached hydrogen (secondary N) is 3. The topological polar surface area (TPSA) is 74.2 Å². The van der Waals surface area contributed by atoms with Gasteiger partial charge in [0.2, 0.25) is 5.95 Å². The van der Waals surface area contributed by atoms with Crippen LogP contribution in [0.5, 0.6) is 0 Å². The normalized spacial score (nSPS) is 13.2. The lowest BCUT2D eigenvalue weighted by Gasteiger charge is -2.20. The molecule has 0 radical (unpaired) electrons. The van der Waals surface area contributed by atoms with E-state index in [0.29, 0.717) is 19.0 Å². The summed E-state index contributed by atoms with van der Waals surface area (Å²) in [6.07, 6.45) is -3.41. The molecule has 1 heterocycles. The molecule has 1 atom stereocenters. The van der Waals surface area contributed by atoms with Crippen molar-refractivity contribution in [2.24, 2.45) is 4.99 Å². The molecule has 1 aromatic heterocycles. The van der Waals surface area contributed by atoms with Crippen LogP contribution >= 0.6 is 0 Å². The molecule has 3 N–H and O–H groups in total. The molecule has 146 valence electrons. The van der Waals surface area contributed by atoms with Crippen LogP contribution in [0.15, 0.2) is 41.5 Å². The van der Waals surface area contributed by atoms with Crippen molar-refractivity contribution in [3.8, 4) is 0 Å². The van der Waals surface area contributed by atoms with E-state index in [1.165, 1.54) is 5.56 Å². The first-order valence-electron chi connectivity index (χ1n) is 8.48. The van der Waals surface area contributed by atoms with E-state index in [0.717, 1.165) is 17.8 Å². The van der Waals surface area contributed by atoms with Crippen molar-refractivity contribution in [1.82, 2.24) is 20.6 Å². The van der Waals surface area contributed by atoms with E-state index in [1.807, 2.05) is 38.1 Å². The van der Waals surface area contributed by atoms with Gasteiger partial charge >= 0.3 is 6.18 Å². The number of guanidine groups is 1. The number of aliphatic imine (C=N–C) groups is 1. The quantitative estimate of drug-likeness (QED) is 0.408. The van der Waals surface area contributed by atoms with Crippen LogP contribution in [0.4, 0.5) is 19.1 Å². The van der Waals surface area contributed by atoms with Gasteiger partial charge in [-0.05, 0) is 31.0 Å². The van der Waals surface area contributed by atoms with E-state index in [4.69, 9.17) is 0 Å². The summed E-state index contributed by atoms with van der Waals surface area (Å²) in [5.41, 5.74) is 1.37. The van der Waals surface area contributed by atoms with E-state index in [-0.39, 0.29) is 12.0 Å². The summed E-state index contributed by atoms with van der Waals surface area (Å²) in [6, 6.07) is 8.95. The average Bonchev–Trinajstić information content (AvgIpc) is 2.64. The Morgan fingerprint density at radius 3 is 2.59 bits per heavy atom. The van der Waals surface area contributed by atoms with Crippen molar-refractivity contribution < 1.29 is 13.2 Å². The van der Waals surface area contributed by atoms with Crippen molar-refractivity contribution in [1.29, 1.82) is 0 Å². The third kappa shape index (κ3) is 6.12. The number of rotatable bonds is 6. The second-order valence-electron chi connectivity index (χ2n) is 5.91. The van der Waals surface area contributed by atoms with Gasteiger partial charge in [0, 0.05) is 26.3 Å². The standard InChI is InChI=1S/C18H23F3N6/c1-12-6-4-5-7-14(12)13(2)26-16(22-3)24-10-11-25-17-23-9-8-15(27-17)18(19,20)21/h4-9,13H,10-11H2,1-3H3,(H2,22,24,26)(H,23,25,27). The molecular formula is C18H23F3N6. The Morgan fingerprint density at radius 2 is 1.93 bits per heavy atom. The number of alkyl halides is 3. The van der Waals surface area contributed by atoms with Gasteiger partial charge in [-0.2, -0.15) is 13.2 Å². The van der Waals surface area contributed by atoms with Gasteiger partial charge in [-0.3, -0.25) is 4.99 Å². The fourth-order valence-electron chi connectivity index (χ4n) is 2.51. The Kier molecular flexibility index (Phi) is 6.98. The Morgan fingerprint density at radius 1 is 1.19 bits per heavy atom. The fraction of sp³-hybridized carbons (Fsp3) is 0.389. The van der Waals surface area contributed by atoms with Gasteiger partial charge in [0.25, 0.3) is 0 Å². The highest BCUT2D eigenvalue weighted by Gasteiger charge is 2.32. The summed E-state index contributed by atoms with van der Waals surface area (Å²) in [5.74, 6) is 0.528.